The fourth-order valence-electron chi connectivity index (χ4n) is 2.52. The van der Waals surface area contributed by atoms with Crippen molar-refractivity contribution in [1.29, 1.82) is 0 Å². The van der Waals surface area contributed by atoms with Crippen LogP contribution in [-0.4, -0.2) is 0 Å². The van der Waals surface area contributed by atoms with E-state index in [0.717, 1.165) is 11.8 Å². The van der Waals surface area contributed by atoms with Crippen molar-refractivity contribution in [1.82, 2.24) is 0 Å². The Labute approximate surface area is 94.6 Å². The number of hydrogen-bond donors (Lipinski definition) is 0. The third-order valence-electron chi connectivity index (χ3n) is 3.37. The van der Waals surface area contributed by atoms with Gasteiger partial charge in [-0.15, -0.1) is 0 Å². The molecule has 0 aromatic rings. The molecule has 2 unspecified atom stereocenters. The first-order valence-corrected chi connectivity index (χ1v) is 6.41. The standard InChI is InChI=1S/C12H17I/c1-9-7-8-10-5-3-2-4-6-11(10)12(9)13/h7-8,10-11H,2-6H2,1H3. The van der Waals surface area contributed by atoms with Crippen molar-refractivity contribution in [2.45, 2.75) is 39.0 Å². The summed E-state index contributed by atoms with van der Waals surface area (Å²) in [7, 11) is 0. The molecular formula is C12H17I. The molecule has 0 N–H and O–H groups in total. The number of allylic oxidation sites excluding steroid dienone is 4. The Bertz CT molecular complexity index is 250. The predicted molar refractivity (Wildman–Crippen MR) is 65.9 cm³/mol. The predicted octanol–water partition coefficient (Wildman–Crippen LogP) is 4.46. The SMILES string of the molecule is CC1=C(I)C2CCCCCC2C=C1. The fourth-order valence-corrected chi connectivity index (χ4v) is 3.47. The quantitative estimate of drug-likeness (QED) is 0.577. The molecule has 0 bridgehead atoms. The van der Waals surface area contributed by atoms with E-state index in [2.05, 4.69) is 41.7 Å². The molecule has 0 aromatic carbocycles. The van der Waals surface area contributed by atoms with Crippen LogP contribution in [-0.2, 0) is 0 Å². The Kier molecular flexibility index (Phi) is 3.12. The highest BCUT2D eigenvalue weighted by molar-refractivity contribution is 14.1. The first-order chi connectivity index (χ1) is 6.29. The van der Waals surface area contributed by atoms with Crippen molar-refractivity contribution < 1.29 is 0 Å². The van der Waals surface area contributed by atoms with E-state index in [9.17, 15) is 0 Å². The van der Waals surface area contributed by atoms with Crippen LogP contribution in [0.3, 0.4) is 0 Å². The highest BCUT2D eigenvalue weighted by Gasteiger charge is 2.26. The molecule has 2 aliphatic rings. The van der Waals surface area contributed by atoms with E-state index in [0.29, 0.717) is 0 Å². The molecule has 2 rings (SSSR count). The molecule has 72 valence electrons. The normalized spacial score (nSPS) is 34.3. The zero-order valence-corrected chi connectivity index (χ0v) is 10.4. The van der Waals surface area contributed by atoms with Crippen LogP contribution in [0.25, 0.3) is 0 Å². The molecule has 2 atom stereocenters. The maximum Gasteiger partial charge on any atom is -0.00281 e. The van der Waals surface area contributed by atoms with Gasteiger partial charge in [0.1, 0.15) is 0 Å². The Morgan fingerprint density at radius 3 is 2.85 bits per heavy atom. The van der Waals surface area contributed by atoms with Crippen LogP contribution in [0, 0.1) is 11.8 Å². The molecule has 2 aliphatic carbocycles. The van der Waals surface area contributed by atoms with Gasteiger partial charge in [0.15, 0.2) is 0 Å². The van der Waals surface area contributed by atoms with Crippen molar-refractivity contribution in [2.24, 2.45) is 11.8 Å². The molecule has 1 heteroatoms. The molecule has 1 fully saturated rings. The average molecular weight is 288 g/mol. The second-order valence-electron chi connectivity index (χ2n) is 4.30. The number of rotatable bonds is 0. The molecule has 13 heavy (non-hydrogen) atoms. The van der Waals surface area contributed by atoms with E-state index < -0.39 is 0 Å². The van der Waals surface area contributed by atoms with Gasteiger partial charge < -0.3 is 0 Å². The molecule has 0 aromatic heterocycles. The van der Waals surface area contributed by atoms with Crippen LogP contribution in [0.15, 0.2) is 21.3 Å². The summed E-state index contributed by atoms with van der Waals surface area (Å²) in [6.07, 6.45) is 11.9. The third kappa shape index (κ3) is 2.00. The smallest absolute Gasteiger partial charge is 0.00281 e. The Morgan fingerprint density at radius 1 is 1.23 bits per heavy atom. The van der Waals surface area contributed by atoms with Gasteiger partial charge in [0.05, 0.1) is 0 Å². The molecule has 0 saturated heterocycles. The first-order valence-electron chi connectivity index (χ1n) is 5.33. The summed E-state index contributed by atoms with van der Waals surface area (Å²) in [5.74, 6) is 1.73. The van der Waals surface area contributed by atoms with Crippen molar-refractivity contribution in [2.75, 3.05) is 0 Å². The van der Waals surface area contributed by atoms with Crippen LogP contribution in [0.4, 0.5) is 0 Å². The Morgan fingerprint density at radius 2 is 2.00 bits per heavy atom. The summed E-state index contributed by atoms with van der Waals surface area (Å²) < 4.78 is 1.63. The van der Waals surface area contributed by atoms with Gasteiger partial charge in [0, 0.05) is 0 Å². The van der Waals surface area contributed by atoms with Crippen LogP contribution in [0.1, 0.15) is 39.0 Å². The van der Waals surface area contributed by atoms with E-state index in [4.69, 9.17) is 0 Å². The van der Waals surface area contributed by atoms with Gasteiger partial charge in [-0.05, 0) is 63.3 Å². The number of hydrogen-bond acceptors (Lipinski definition) is 0. The van der Waals surface area contributed by atoms with Crippen LogP contribution < -0.4 is 0 Å². The summed E-state index contributed by atoms with van der Waals surface area (Å²) in [5.41, 5.74) is 1.50. The lowest BCUT2D eigenvalue weighted by Crippen LogP contribution is -2.15. The first kappa shape index (κ1) is 9.75. The topological polar surface area (TPSA) is 0 Å². The zero-order valence-electron chi connectivity index (χ0n) is 8.22. The minimum Gasteiger partial charge on any atom is -0.0805 e. The van der Waals surface area contributed by atoms with Gasteiger partial charge in [-0.3, -0.25) is 0 Å². The van der Waals surface area contributed by atoms with Gasteiger partial charge in [0.2, 0.25) is 0 Å². The van der Waals surface area contributed by atoms with Gasteiger partial charge in [-0.2, -0.15) is 0 Å². The van der Waals surface area contributed by atoms with Gasteiger partial charge >= 0.3 is 0 Å². The van der Waals surface area contributed by atoms with E-state index in [1.54, 1.807) is 3.58 Å². The zero-order chi connectivity index (χ0) is 9.26. The second kappa shape index (κ2) is 4.16. The van der Waals surface area contributed by atoms with Crippen molar-refractivity contribution in [3.8, 4) is 0 Å². The Hall–Kier alpha value is 0.210. The number of halogens is 1. The second-order valence-corrected chi connectivity index (χ2v) is 5.46. The monoisotopic (exact) mass is 288 g/mol. The summed E-state index contributed by atoms with van der Waals surface area (Å²) in [4.78, 5) is 0. The van der Waals surface area contributed by atoms with Gasteiger partial charge in [-0.1, -0.05) is 31.4 Å². The van der Waals surface area contributed by atoms with Crippen molar-refractivity contribution >= 4 is 22.6 Å². The Balaban J connectivity index is 2.21. The highest BCUT2D eigenvalue weighted by atomic mass is 127. The van der Waals surface area contributed by atoms with Crippen molar-refractivity contribution in [3.05, 3.63) is 21.3 Å². The van der Waals surface area contributed by atoms with Gasteiger partial charge in [-0.25, -0.2) is 0 Å². The van der Waals surface area contributed by atoms with E-state index in [-0.39, 0.29) is 0 Å². The van der Waals surface area contributed by atoms with E-state index in [1.165, 1.54) is 37.7 Å². The fraction of sp³-hybridized carbons (Fsp3) is 0.667. The lowest BCUT2D eigenvalue weighted by molar-refractivity contribution is 0.439. The van der Waals surface area contributed by atoms with Crippen LogP contribution in [0.5, 0.6) is 0 Å². The van der Waals surface area contributed by atoms with E-state index >= 15 is 0 Å². The minimum atomic E-state index is 0.859. The lowest BCUT2D eigenvalue weighted by atomic mass is 9.83. The molecule has 0 heterocycles. The molecule has 0 aliphatic heterocycles. The van der Waals surface area contributed by atoms with Crippen LogP contribution >= 0.6 is 22.6 Å². The van der Waals surface area contributed by atoms with Gasteiger partial charge in [0.25, 0.3) is 0 Å². The van der Waals surface area contributed by atoms with Crippen molar-refractivity contribution in [3.63, 3.8) is 0 Å². The molecule has 0 nitrogen and oxygen atoms in total. The summed E-state index contributed by atoms with van der Waals surface area (Å²) in [6, 6.07) is 0. The lowest BCUT2D eigenvalue weighted by Gasteiger charge is -2.26. The molecule has 0 radical (unpaired) electrons. The van der Waals surface area contributed by atoms with Crippen LogP contribution in [0.2, 0.25) is 0 Å². The molecule has 1 saturated carbocycles. The molecule has 0 amide bonds. The minimum absolute atomic E-state index is 0.859. The maximum atomic E-state index is 2.56. The molecular weight excluding hydrogens is 271 g/mol. The van der Waals surface area contributed by atoms with E-state index in [1.807, 2.05) is 0 Å². The average Bonchev–Trinajstić information content (AvgIpc) is 2.36. The summed E-state index contributed by atoms with van der Waals surface area (Å²) >= 11 is 2.56. The third-order valence-corrected chi connectivity index (χ3v) is 5.02. The highest BCUT2D eigenvalue weighted by Crippen LogP contribution is 2.41. The molecule has 0 spiro atoms. The summed E-state index contributed by atoms with van der Waals surface area (Å²) in [6.45, 7) is 2.25. The summed E-state index contributed by atoms with van der Waals surface area (Å²) in [5, 5.41) is 0. The number of fused-ring (bicyclic) bond motifs is 1. The largest absolute Gasteiger partial charge is 0.0805 e. The maximum absolute atomic E-state index is 2.56.